The lowest BCUT2D eigenvalue weighted by atomic mass is 10.1. The zero-order valence-corrected chi connectivity index (χ0v) is 57.8. The van der Waals surface area contributed by atoms with Crippen LogP contribution in [0.25, 0.3) is 209 Å². The van der Waals surface area contributed by atoms with Crippen LogP contribution in [0.1, 0.15) is 0 Å². The number of fused-ring (bicyclic) bond motifs is 22. The Morgan fingerprint density at radius 2 is 0.324 bits per heavy atom. The van der Waals surface area contributed by atoms with Gasteiger partial charge in [0.1, 0.15) is 22.3 Å². The van der Waals surface area contributed by atoms with Crippen LogP contribution in [0.4, 0.5) is 0 Å². The number of benzene rings is 16. The molecule has 0 radical (unpaired) electrons. The lowest BCUT2D eigenvalue weighted by molar-refractivity contribution is 0.659. The summed E-state index contributed by atoms with van der Waals surface area (Å²) in [5.41, 5.74) is 22.1. The molecule has 0 spiro atoms. The Labute approximate surface area is 613 Å². The van der Waals surface area contributed by atoms with E-state index in [9.17, 15) is 9.59 Å². The molecule has 16 aromatic carbocycles. The van der Waals surface area contributed by atoms with Crippen LogP contribution >= 0.6 is 0 Å². The van der Waals surface area contributed by atoms with E-state index in [-0.39, 0.29) is 10.9 Å². The fourth-order valence-corrected chi connectivity index (χ4v) is 17.8. The summed E-state index contributed by atoms with van der Waals surface area (Å²) in [5.74, 6) is 0. The molecule has 0 aliphatic rings. The molecule has 0 aliphatic heterocycles. The number of hydrogen-bond donors (Lipinski definition) is 0. The molecule has 0 atom stereocenters. The predicted octanol–water partition coefficient (Wildman–Crippen LogP) is 24.5. The van der Waals surface area contributed by atoms with E-state index in [0.29, 0.717) is 43.9 Å². The number of para-hydroxylation sites is 10. The maximum absolute atomic E-state index is 13.5. The highest BCUT2D eigenvalue weighted by Gasteiger charge is 2.24. The van der Waals surface area contributed by atoms with E-state index in [4.69, 9.17) is 8.83 Å². The Bertz CT molecular complexity index is 7120. The van der Waals surface area contributed by atoms with E-state index < -0.39 is 0 Å². The standard InChI is InChI=1S/2C49H29N3O2/c2*53-49-37-15-5-10-20-47(37)54-48-29-32(21-24-38(48)49)52-45-25-22-30(50-41-16-6-1-11-33(41)34-12-2-7-17-42(34)50)27-39(45)40-28-31(23-26-46(40)52)51-43-18-8-3-13-35(43)36-14-4-9-19-44(36)51/h2*1-29H. The molecule has 108 heavy (non-hydrogen) atoms. The second kappa shape index (κ2) is 22.9. The van der Waals surface area contributed by atoms with E-state index >= 15 is 0 Å². The molecule has 24 aromatic rings. The van der Waals surface area contributed by atoms with Crippen molar-refractivity contribution < 1.29 is 8.83 Å². The summed E-state index contributed by atoms with van der Waals surface area (Å²) in [6, 6.07) is 123. The molecule has 0 amide bonds. The van der Waals surface area contributed by atoms with E-state index in [1.54, 1.807) is 0 Å². The molecule has 8 heterocycles. The fourth-order valence-electron chi connectivity index (χ4n) is 17.8. The molecule has 8 aromatic heterocycles. The van der Waals surface area contributed by atoms with Gasteiger partial charge in [-0.1, -0.05) is 170 Å². The van der Waals surface area contributed by atoms with Crippen LogP contribution in [0.5, 0.6) is 0 Å². The second-order valence-corrected chi connectivity index (χ2v) is 28.2. The summed E-state index contributed by atoms with van der Waals surface area (Å²) in [6.45, 7) is 0. The summed E-state index contributed by atoms with van der Waals surface area (Å²) < 4.78 is 26.8. The van der Waals surface area contributed by atoms with Gasteiger partial charge in [-0.05, 0) is 170 Å². The van der Waals surface area contributed by atoms with Gasteiger partial charge in [-0.3, -0.25) is 9.59 Å². The topological polar surface area (TPSA) is 90.0 Å². The Hall–Kier alpha value is -14.7. The third kappa shape index (κ3) is 8.65. The highest BCUT2D eigenvalue weighted by Crippen LogP contribution is 2.44. The lowest BCUT2D eigenvalue weighted by Gasteiger charge is -2.11. The van der Waals surface area contributed by atoms with Crippen LogP contribution in [-0.4, -0.2) is 27.4 Å². The van der Waals surface area contributed by atoms with Gasteiger partial charge in [0.15, 0.2) is 0 Å². The normalized spacial score (nSPS) is 12.1. The summed E-state index contributed by atoms with van der Waals surface area (Å²) in [7, 11) is 0. The Kier molecular flexibility index (Phi) is 12.7. The number of rotatable bonds is 6. The quantitative estimate of drug-likeness (QED) is 0.155. The largest absolute Gasteiger partial charge is 0.456 e. The van der Waals surface area contributed by atoms with Crippen LogP contribution in [0, 0.1) is 0 Å². The van der Waals surface area contributed by atoms with Gasteiger partial charge in [0, 0.05) is 111 Å². The van der Waals surface area contributed by atoms with Crippen LogP contribution in [0.15, 0.2) is 370 Å². The van der Waals surface area contributed by atoms with Crippen molar-refractivity contribution in [1.29, 1.82) is 0 Å². The summed E-state index contributed by atoms with van der Waals surface area (Å²) >= 11 is 0. The first-order chi connectivity index (χ1) is 53.4. The minimum atomic E-state index is -0.0211. The van der Waals surface area contributed by atoms with Gasteiger partial charge in [-0.25, -0.2) is 0 Å². The van der Waals surface area contributed by atoms with E-state index in [1.807, 2.05) is 84.9 Å². The molecule has 0 saturated carbocycles. The number of aromatic nitrogens is 6. The molecular formula is C98H58N6O4. The molecule has 0 unspecified atom stereocenters. The van der Waals surface area contributed by atoms with Crippen molar-refractivity contribution in [1.82, 2.24) is 27.4 Å². The van der Waals surface area contributed by atoms with Gasteiger partial charge >= 0.3 is 0 Å². The molecule has 504 valence electrons. The van der Waals surface area contributed by atoms with E-state index in [0.717, 1.165) is 77.7 Å². The zero-order valence-electron chi connectivity index (χ0n) is 57.8. The van der Waals surface area contributed by atoms with Crippen molar-refractivity contribution in [3.05, 3.63) is 372 Å². The Morgan fingerprint density at radius 1 is 0.148 bits per heavy atom. The van der Waals surface area contributed by atoms with Crippen molar-refractivity contribution in [2.24, 2.45) is 0 Å². The number of hydrogen-bond acceptors (Lipinski definition) is 4. The molecule has 10 heteroatoms. The highest BCUT2D eigenvalue weighted by molar-refractivity contribution is 6.17. The molecule has 0 N–H and O–H groups in total. The van der Waals surface area contributed by atoms with Crippen molar-refractivity contribution in [2.45, 2.75) is 0 Å². The summed E-state index contributed by atoms with van der Waals surface area (Å²) in [4.78, 5) is 27.0. The van der Waals surface area contributed by atoms with Gasteiger partial charge < -0.3 is 36.2 Å². The third-order valence-electron chi connectivity index (χ3n) is 22.5. The van der Waals surface area contributed by atoms with E-state index in [1.165, 1.54) is 87.2 Å². The zero-order chi connectivity index (χ0) is 71.0. The highest BCUT2D eigenvalue weighted by atomic mass is 16.3. The smallest absolute Gasteiger partial charge is 0.200 e. The summed E-state index contributed by atoms with van der Waals surface area (Å²) in [6.07, 6.45) is 0. The lowest BCUT2D eigenvalue weighted by Crippen LogP contribution is -2.03. The average Bonchev–Trinajstić information content (AvgIpc) is 1.44. The molecule has 0 fully saturated rings. The second-order valence-electron chi connectivity index (χ2n) is 28.2. The van der Waals surface area contributed by atoms with Gasteiger partial charge in [-0.15, -0.1) is 0 Å². The number of nitrogens with zero attached hydrogens (tertiary/aromatic N) is 6. The monoisotopic (exact) mass is 1380 g/mol. The minimum Gasteiger partial charge on any atom is -0.456 e. The first-order valence-corrected chi connectivity index (χ1v) is 36.5. The van der Waals surface area contributed by atoms with Gasteiger partial charge in [0.25, 0.3) is 0 Å². The fraction of sp³-hybridized carbons (Fsp3) is 0. The van der Waals surface area contributed by atoms with E-state index in [2.05, 4.69) is 294 Å². The minimum absolute atomic E-state index is 0.0211. The molecule has 24 rings (SSSR count). The Morgan fingerprint density at radius 3 is 0.565 bits per heavy atom. The average molecular weight is 1380 g/mol. The SMILES string of the molecule is O=c1c2ccccc2oc2cc(-n3c4ccc(-n5c6ccccc6c6ccccc65)cc4c4cc(-n5c6ccccc6c6ccccc65)ccc43)ccc12.O=c1c2ccccc2oc2cc(-n3c4ccc(-n5c6ccccc6c6ccccc65)cc4c4cc(-n5c6ccccc6c6ccccc65)ccc43)ccc12. The summed E-state index contributed by atoms with van der Waals surface area (Å²) in [5, 5.41) is 16.7. The first-order valence-electron chi connectivity index (χ1n) is 36.5. The Balaban J connectivity index is 0.000000130. The molecule has 0 bridgehead atoms. The van der Waals surface area contributed by atoms with Crippen molar-refractivity contribution in [2.75, 3.05) is 0 Å². The maximum Gasteiger partial charge on any atom is 0.200 e. The molecule has 0 saturated heterocycles. The van der Waals surface area contributed by atoms with Gasteiger partial charge in [-0.2, -0.15) is 0 Å². The van der Waals surface area contributed by atoms with Crippen LogP contribution in [0.3, 0.4) is 0 Å². The van der Waals surface area contributed by atoms with Crippen LogP contribution < -0.4 is 10.9 Å². The first kappa shape index (κ1) is 59.8. The van der Waals surface area contributed by atoms with Gasteiger partial charge in [0.05, 0.1) is 87.7 Å². The third-order valence-corrected chi connectivity index (χ3v) is 22.5. The van der Waals surface area contributed by atoms with Crippen molar-refractivity contribution >= 4 is 175 Å². The molecule has 0 aliphatic carbocycles. The van der Waals surface area contributed by atoms with Crippen molar-refractivity contribution in [3.8, 4) is 34.1 Å². The van der Waals surface area contributed by atoms with Crippen LogP contribution in [0.2, 0.25) is 0 Å². The van der Waals surface area contributed by atoms with Crippen molar-refractivity contribution in [3.63, 3.8) is 0 Å². The van der Waals surface area contributed by atoms with Crippen LogP contribution in [-0.2, 0) is 0 Å². The predicted molar refractivity (Wildman–Crippen MR) is 446 cm³/mol. The maximum atomic E-state index is 13.5. The van der Waals surface area contributed by atoms with Gasteiger partial charge in [0.2, 0.25) is 10.9 Å². The molecular weight excluding hydrogens is 1330 g/mol. The molecule has 10 nitrogen and oxygen atoms in total.